The van der Waals surface area contributed by atoms with Gasteiger partial charge in [0.1, 0.15) is 5.75 Å². The molecule has 0 N–H and O–H groups in total. The molecular weight excluding hydrogens is 316 g/mol. The number of hydrogen-bond acceptors (Lipinski definition) is 2. The molecule has 1 aromatic rings. The van der Waals surface area contributed by atoms with Crippen LogP contribution in [0.25, 0.3) is 0 Å². The first kappa shape index (κ1) is 14.2. The second kappa shape index (κ2) is 6.27. The molecule has 3 atom stereocenters. The molecule has 0 bridgehead atoms. The highest BCUT2D eigenvalue weighted by atomic mass is 79.9. The maximum atomic E-state index is 6.57. The Morgan fingerprint density at radius 3 is 2.89 bits per heavy atom. The molecule has 2 nitrogen and oxygen atoms in total. The Labute approximate surface area is 122 Å². The van der Waals surface area contributed by atoms with Gasteiger partial charge in [0.25, 0.3) is 0 Å². The van der Waals surface area contributed by atoms with Crippen molar-refractivity contribution >= 4 is 27.5 Å². The molecule has 1 aliphatic rings. The summed E-state index contributed by atoms with van der Waals surface area (Å²) >= 11 is 10.1. The summed E-state index contributed by atoms with van der Waals surface area (Å²) in [4.78, 5) is 0. The van der Waals surface area contributed by atoms with Gasteiger partial charge >= 0.3 is 0 Å². The standard InChI is InChI=1S/C14H18BrClO2/c1-3-17-13-5-4-10(8-12(13)15)14(16)11-6-7-18-9(11)2/h4-5,8-9,11,14H,3,6-7H2,1-2H3. The van der Waals surface area contributed by atoms with Crippen LogP contribution in [-0.4, -0.2) is 19.3 Å². The number of rotatable bonds is 4. The Morgan fingerprint density at radius 2 is 2.33 bits per heavy atom. The largest absolute Gasteiger partial charge is 0.493 e. The van der Waals surface area contributed by atoms with Crippen molar-refractivity contribution in [3.05, 3.63) is 28.2 Å². The number of ether oxygens (including phenoxy) is 2. The highest BCUT2D eigenvalue weighted by Gasteiger charge is 2.31. The maximum Gasteiger partial charge on any atom is 0.133 e. The molecule has 18 heavy (non-hydrogen) atoms. The molecule has 1 saturated heterocycles. The molecule has 0 radical (unpaired) electrons. The molecule has 1 aliphatic heterocycles. The second-order valence-electron chi connectivity index (χ2n) is 4.55. The summed E-state index contributed by atoms with van der Waals surface area (Å²) in [5.41, 5.74) is 1.12. The lowest BCUT2D eigenvalue weighted by atomic mass is 9.93. The average Bonchev–Trinajstić information content (AvgIpc) is 2.77. The lowest BCUT2D eigenvalue weighted by Gasteiger charge is -2.21. The van der Waals surface area contributed by atoms with E-state index in [2.05, 4.69) is 22.9 Å². The summed E-state index contributed by atoms with van der Waals surface area (Å²) in [5, 5.41) is -0.00511. The number of benzene rings is 1. The van der Waals surface area contributed by atoms with Crippen LogP contribution >= 0.6 is 27.5 Å². The van der Waals surface area contributed by atoms with E-state index in [9.17, 15) is 0 Å². The van der Waals surface area contributed by atoms with Gasteiger partial charge in [-0.2, -0.15) is 0 Å². The van der Waals surface area contributed by atoms with Crippen molar-refractivity contribution in [2.24, 2.45) is 5.92 Å². The molecule has 100 valence electrons. The molecule has 0 aliphatic carbocycles. The molecular formula is C14H18BrClO2. The van der Waals surface area contributed by atoms with Gasteiger partial charge in [0.2, 0.25) is 0 Å². The summed E-state index contributed by atoms with van der Waals surface area (Å²) in [5.74, 6) is 1.25. The van der Waals surface area contributed by atoms with Gasteiger partial charge in [-0.15, -0.1) is 11.6 Å². The lowest BCUT2D eigenvalue weighted by molar-refractivity contribution is 0.105. The molecule has 3 unspecified atom stereocenters. The first-order valence-corrected chi connectivity index (χ1v) is 7.54. The van der Waals surface area contributed by atoms with Gasteiger partial charge in [0.15, 0.2) is 0 Å². The molecule has 0 aromatic heterocycles. The molecule has 0 spiro atoms. The van der Waals surface area contributed by atoms with Crippen molar-refractivity contribution in [1.29, 1.82) is 0 Å². The summed E-state index contributed by atoms with van der Waals surface area (Å²) in [6.07, 6.45) is 1.26. The molecule has 1 heterocycles. The number of alkyl halides is 1. The zero-order valence-corrected chi connectivity index (χ0v) is 13.0. The normalized spacial score (nSPS) is 25.1. The predicted octanol–water partition coefficient (Wildman–Crippen LogP) is 4.55. The van der Waals surface area contributed by atoms with Crippen molar-refractivity contribution in [3.63, 3.8) is 0 Å². The van der Waals surface area contributed by atoms with Gasteiger partial charge in [0.05, 0.1) is 22.6 Å². The fraction of sp³-hybridized carbons (Fsp3) is 0.571. The minimum Gasteiger partial charge on any atom is -0.493 e. The van der Waals surface area contributed by atoms with Gasteiger partial charge in [-0.1, -0.05) is 6.07 Å². The van der Waals surface area contributed by atoms with Crippen LogP contribution < -0.4 is 4.74 Å². The molecule has 1 fully saturated rings. The molecule has 2 rings (SSSR count). The molecule has 1 aromatic carbocycles. The van der Waals surface area contributed by atoms with E-state index in [0.717, 1.165) is 28.8 Å². The van der Waals surface area contributed by atoms with Gasteiger partial charge in [0, 0.05) is 12.5 Å². The van der Waals surface area contributed by atoms with Crippen LogP contribution in [0.15, 0.2) is 22.7 Å². The summed E-state index contributed by atoms with van der Waals surface area (Å²) in [6.45, 7) is 5.54. The van der Waals surface area contributed by atoms with Crippen molar-refractivity contribution < 1.29 is 9.47 Å². The highest BCUT2D eigenvalue weighted by Crippen LogP contribution is 2.40. The third-order valence-corrected chi connectivity index (χ3v) is 4.58. The summed E-state index contributed by atoms with van der Waals surface area (Å²) in [6, 6.07) is 6.06. The van der Waals surface area contributed by atoms with E-state index in [0.29, 0.717) is 12.5 Å². The number of halogens is 2. The third-order valence-electron chi connectivity index (χ3n) is 3.38. The van der Waals surface area contributed by atoms with Crippen molar-refractivity contribution in [1.82, 2.24) is 0 Å². The number of hydrogen-bond donors (Lipinski definition) is 0. The first-order valence-electron chi connectivity index (χ1n) is 6.31. The quantitative estimate of drug-likeness (QED) is 0.752. The van der Waals surface area contributed by atoms with Gasteiger partial charge in [-0.3, -0.25) is 0 Å². The Hall–Kier alpha value is -0.250. The second-order valence-corrected chi connectivity index (χ2v) is 5.88. The topological polar surface area (TPSA) is 18.5 Å². The van der Waals surface area contributed by atoms with E-state index >= 15 is 0 Å². The minimum atomic E-state index is -0.00511. The van der Waals surface area contributed by atoms with Gasteiger partial charge in [-0.25, -0.2) is 0 Å². The smallest absolute Gasteiger partial charge is 0.133 e. The Bertz CT molecular complexity index is 411. The monoisotopic (exact) mass is 332 g/mol. The van der Waals surface area contributed by atoms with Crippen LogP contribution in [0.4, 0.5) is 0 Å². The van der Waals surface area contributed by atoms with E-state index < -0.39 is 0 Å². The fourth-order valence-corrected chi connectivity index (χ4v) is 3.32. The molecule has 4 heteroatoms. The maximum absolute atomic E-state index is 6.57. The van der Waals surface area contributed by atoms with Crippen LogP contribution in [0.5, 0.6) is 5.75 Å². The van der Waals surface area contributed by atoms with Crippen molar-refractivity contribution in [2.75, 3.05) is 13.2 Å². The summed E-state index contributed by atoms with van der Waals surface area (Å²) < 4.78 is 12.0. The lowest BCUT2D eigenvalue weighted by Crippen LogP contribution is -2.16. The SMILES string of the molecule is CCOc1ccc(C(Cl)C2CCOC2C)cc1Br. The highest BCUT2D eigenvalue weighted by molar-refractivity contribution is 9.10. The van der Waals surface area contributed by atoms with E-state index in [1.165, 1.54) is 0 Å². The zero-order valence-electron chi connectivity index (χ0n) is 10.7. The summed E-state index contributed by atoms with van der Waals surface area (Å²) in [7, 11) is 0. The Balaban J connectivity index is 2.15. The van der Waals surface area contributed by atoms with E-state index in [-0.39, 0.29) is 11.5 Å². The van der Waals surface area contributed by atoms with Crippen molar-refractivity contribution in [2.45, 2.75) is 31.7 Å². The zero-order chi connectivity index (χ0) is 13.1. The first-order chi connectivity index (χ1) is 8.63. The fourth-order valence-electron chi connectivity index (χ4n) is 2.34. The van der Waals surface area contributed by atoms with Crippen LogP contribution in [0.2, 0.25) is 0 Å². The van der Waals surface area contributed by atoms with E-state index in [4.69, 9.17) is 21.1 Å². The Kier molecular flexibility index (Phi) is 4.93. The van der Waals surface area contributed by atoms with E-state index in [1.807, 2.05) is 25.1 Å². The minimum absolute atomic E-state index is 0.00511. The predicted molar refractivity (Wildman–Crippen MR) is 77.4 cm³/mol. The van der Waals surface area contributed by atoms with E-state index in [1.54, 1.807) is 0 Å². The average molecular weight is 334 g/mol. The van der Waals surface area contributed by atoms with Crippen LogP contribution in [0, 0.1) is 5.92 Å². The molecule has 0 saturated carbocycles. The van der Waals surface area contributed by atoms with Crippen molar-refractivity contribution in [3.8, 4) is 5.75 Å². The molecule has 0 amide bonds. The van der Waals surface area contributed by atoms with Gasteiger partial charge in [-0.05, 0) is 53.9 Å². The van der Waals surface area contributed by atoms with Crippen LogP contribution in [-0.2, 0) is 4.74 Å². The van der Waals surface area contributed by atoms with Crippen LogP contribution in [0.3, 0.4) is 0 Å². The Morgan fingerprint density at radius 1 is 1.56 bits per heavy atom. The third kappa shape index (κ3) is 3.01. The van der Waals surface area contributed by atoms with Gasteiger partial charge < -0.3 is 9.47 Å². The van der Waals surface area contributed by atoms with Crippen LogP contribution in [0.1, 0.15) is 31.2 Å².